The molecule has 60 valence electrons. The number of hydrogen-bond donors (Lipinski definition) is 0. The minimum absolute atomic E-state index is 0.991. The first kappa shape index (κ1) is 8.59. The maximum atomic E-state index is 8.40. The van der Waals surface area contributed by atoms with E-state index in [0.717, 1.165) is 18.4 Å². The van der Waals surface area contributed by atoms with Crippen LogP contribution in [0.3, 0.4) is 0 Å². The third-order valence-electron chi connectivity index (χ3n) is 1.76. The monoisotopic (exact) mass is 157 g/mol. The van der Waals surface area contributed by atoms with Crippen LogP contribution in [0.15, 0.2) is 41.2 Å². The first-order valence-corrected chi connectivity index (χ1v) is 4.03. The van der Waals surface area contributed by atoms with E-state index in [-0.39, 0.29) is 0 Å². The van der Waals surface area contributed by atoms with Crippen LogP contribution in [-0.4, -0.2) is 0 Å². The molecule has 0 aliphatic heterocycles. The Bertz CT molecular complexity index is 317. The second-order valence-corrected chi connectivity index (χ2v) is 2.67. The van der Waals surface area contributed by atoms with Gasteiger partial charge in [0.1, 0.15) is 0 Å². The van der Waals surface area contributed by atoms with Crippen molar-refractivity contribution in [3.05, 3.63) is 41.2 Å². The van der Waals surface area contributed by atoms with Gasteiger partial charge in [-0.1, -0.05) is 6.08 Å². The normalized spacial score (nSPS) is 18.0. The average molecular weight is 157 g/mol. The van der Waals surface area contributed by atoms with E-state index in [1.807, 2.05) is 25.1 Å². The molecule has 1 rings (SSSR count). The second kappa shape index (κ2) is 4.38. The van der Waals surface area contributed by atoms with Gasteiger partial charge in [-0.3, -0.25) is 0 Å². The molecule has 12 heavy (non-hydrogen) atoms. The number of nitriles is 1. The maximum Gasteiger partial charge on any atom is 0.0914 e. The van der Waals surface area contributed by atoms with Crippen molar-refractivity contribution < 1.29 is 0 Å². The van der Waals surface area contributed by atoms with Crippen molar-refractivity contribution in [1.82, 2.24) is 0 Å². The molecule has 0 saturated heterocycles. The predicted molar refractivity (Wildman–Crippen MR) is 49.3 cm³/mol. The summed E-state index contributed by atoms with van der Waals surface area (Å²) < 4.78 is 0. The van der Waals surface area contributed by atoms with Gasteiger partial charge < -0.3 is 0 Å². The molecular formula is C11H11N. The molecular weight excluding hydrogens is 146 g/mol. The van der Waals surface area contributed by atoms with Crippen molar-refractivity contribution in [3.63, 3.8) is 0 Å². The largest absolute Gasteiger partial charge is 0.193 e. The average Bonchev–Trinajstić information content (AvgIpc) is 2.50. The van der Waals surface area contributed by atoms with E-state index in [4.69, 9.17) is 5.26 Å². The van der Waals surface area contributed by atoms with Gasteiger partial charge >= 0.3 is 0 Å². The zero-order chi connectivity index (χ0) is 8.81. The Morgan fingerprint density at radius 2 is 2.33 bits per heavy atom. The molecule has 1 nitrogen and oxygen atoms in total. The van der Waals surface area contributed by atoms with E-state index in [1.54, 1.807) is 6.08 Å². The quantitative estimate of drug-likeness (QED) is 0.424. The topological polar surface area (TPSA) is 23.8 Å². The van der Waals surface area contributed by atoms with E-state index >= 15 is 0 Å². The number of hydrogen-bond acceptors (Lipinski definition) is 1. The fraction of sp³-hybridized carbons (Fsp3) is 0.273. The van der Waals surface area contributed by atoms with Crippen LogP contribution in [0.5, 0.6) is 0 Å². The molecule has 0 saturated carbocycles. The van der Waals surface area contributed by atoms with Gasteiger partial charge in [0.15, 0.2) is 0 Å². The highest BCUT2D eigenvalue weighted by Gasteiger charge is 2.05. The number of allylic oxidation sites excluding steroid dienone is 5. The van der Waals surface area contributed by atoms with Crippen LogP contribution < -0.4 is 0 Å². The summed E-state index contributed by atoms with van der Waals surface area (Å²) >= 11 is 0. The Morgan fingerprint density at radius 1 is 1.50 bits per heavy atom. The molecule has 0 aromatic heterocycles. The van der Waals surface area contributed by atoms with Crippen LogP contribution in [0.2, 0.25) is 0 Å². The second-order valence-electron chi connectivity index (χ2n) is 2.67. The molecule has 0 heterocycles. The van der Waals surface area contributed by atoms with Gasteiger partial charge in [-0.05, 0) is 43.1 Å². The van der Waals surface area contributed by atoms with Crippen molar-refractivity contribution in [1.29, 1.82) is 5.26 Å². The Hall–Kier alpha value is -1.51. The highest BCUT2D eigenvalue weighted by molar-refractivity contribution is 5.38. The maximum absolute atomic E-state index is 8.40. The lowest BCUT2D eigenvalue weighted by molar-refractivity contribution is 1.03. The van der Waals surface area contributed by atoms with Crippen molar-refractivity contribution in [2.75, 3.05) is 0 Å². The Kier molecular flexibility index (Phi) is 3.14. The fourth-order valence-electron chi connectivity index (χ4n) is 1.17. The van der Waals surface area contributed by atoms with E-state index in [9.17, 15) is 0 Å². The van der Waals surface area contributed by atoms with Crippen LogP contribution in [0.4, 0.5) is 0 Å². The van der Waals surface area contributed by atoms with Gasteiger partial charge in [-0.2, -0.15) is 5.26 Å². The predicted octanol–water partition coefficient (Wildman–Crippen LogP) is 2.89. The lowest BCUT2D eigenvalue weighted by Crippen LogP contribution is -1.66. The van der Waals surface area contributed by atoms with Crippen LogP contribution in [-0.2, 0) is 0 Å². The molecule has 1 aliphatic carbocycles. The van der Waals surface area contributed by atoms with Gasteiger partial charge in [0.2, 0.25) is 0 Å². The molecule has 0 fully saturated rings. The van der Waals surface area contributed by atoms with Crippen molar-refractivity contribution in [3.8, 4) is 6.07 Å². The molecule has 0 amide bonds. The minimum atomic E-state index is 0.991. The van der Waals surface area contributed by atoms with Crippen molar-refractivity contribution in [2.24, 2.45) is 0 Å². The van der Waals surface area contributed by atoms with E-state index < -0.39 is 0 Å². The molecule has 1 aliphatic rings. The lowest BCUT2D eigenvalue weighted by atomic mass is 10.2. The highest BCUT2D eigenvalue weighted by atomic mass is 14.2. The Balaban J connectivity index is 2.74. The van der Waals surface area contributed by atoms with Crippen molar-refractivity contribution in [2.45, 2.75) is 19.8 Å². The zero-order valence-electron chi connectivity index (χ0n) is 7.17. The summed E-state index contributed by atoms with van der Waals surface area (Å²) in [4.78, 5) is 0. The zero-order valence-corrected chi connectivity index (χ0v) is 7.17. The van der Waals surface area contributed by atoms with Crippen LogP contribution >= 0.6 is 0 Å². The van der Waals surface area contributed by atoms with Gasteiger partial charge in [0.05, 0.1) is 6.07 Å². The fourth-order valence-corrected chi connectivity index (χ4v) is 1.17. The highest BCUT2D eigenvalue weighted by Crippen LogP contribution is 2.23. The summed E-state index contributed by atoms with van der Waals surface area (Å²) in [5, 5.41) is 8.40. The summed E-state index contributed by atoms with van der Waals surface area (Å²) in [5.41, 5.74) is 5.41. The third-order valence-corrected chi connectivity index (χ3v) is 1.76. The first-order chi connectivity index (χ1) is 5.86. The summed E-state index contributed by atoms with van der Waals surface area (Å²) in [6.07, 6.45) is 9.54. The summed E-state index contributed by atoms with van der Waals surface area (Å²) in [7, 11) is 0. The minimum Gasteiger partial charge on any atom is -0.193 e. The number of rotatable bonds is 1. The van der Waals surface area contributed by atoms with Crippen molar-refractivity contribution >= 4 is 0 Å². The SMILES string of the molecule is CC=C=CC1=C/C(=C\C#N)CC1. The van der Waals surface area contributed by atoms with E-state index in [0.29, 0.717) is 0 Å². The van der Waals surface area contributed by atoms with Gasteiger partial charge in [0.25, 0.3) is 0 Å². The lowest BCUT2D eigenvalue weighted by Gasteiger charge is -1.84. The first-order valence-electron chi connectivity index (χ1n) is 4.03. The van der Waals surface area contributed by atoms with E-state index in [1.165, 1.54) is 5.57 Å². The molecule has 1 heteroatoms. The third kappa shape index (κ3) is 2.27. The molecule has 0 atom stereocenters. The van der Waals surface area contributed by atoms with Crippen LogP contribution in [0.25, 0.3) is 0 Å². The number of nitrogens with zero attached hydrogens (tertiary/aromatic N) is 1. The molecule has 0 bridgehead atoms. The Labute approximate surface area is 73.0 Å². The summed E-state index contributed by atoms with van der Waals surface area (Å²) in [6, 6.07) is 2.04. The molecule has 0 unspecified atom stereocenters. The van der Waals surface area contributed by atoms with Gasteiger partial charge in [-0.25, -0.2) is 0 Å². The molecule has 0 spiro atoms. The molecule has 0 aromatic carbocycles. The summed E-state index contributed by atoms with van der Waals surface area (Å²) in [6.45, 7) is 1.94. The standard InChI is InChI=1S/C11H11N/c1-2-3-4-10-5-6-11(9-10)7-8-12/h2,4,7,9H,5-6H2,1H3/b11-7-. The Morgan fingerprint density at radius 3 is 3.00 bits per heavy atom. The summed E-state index contributed by atoms with van der Waals surface area (Å²) in [5.74, 6) is 0. The van der Waals surface area contributed by atoms with E-state index in [2.05, 4.69) is 11.8 Å². The smallest absolute Gasteiger partial charge is 0.0914 e. The molecule has 0 radical (unpaired) electrons. The van der Waals surface area contributed by atoms with Gasteiger partial charge in [0, 0.05) is 6.08 Å². The molecule has 0 N–H and O–H groups in total. The van der Waals surface area contributed by atoms with Gasteiger partial charge in [-0.15, -0.1) is 5.73 Å². The molecule has 0 aromatic rings. The van der Waals surface area contributed by atoms with Crippen LogP contribution in [0, 0.1) is 11.3 Å². The van der Waals surface area contributed by atoms with Crippen LogP contribution in [0.1, 0.15) is 19.8 Å².